The molecule has 1 unspecified atom stereocenters. The Morgan fingerprint density at radius 1 is 1.38 bits per heavy atom. The summed E-state index contributed by atoms with van der Waals surface area (Å²) in [6, 6.07) is 4.62. The minimum Gasteiger partial charge on any atom is -0.396 e. The lowest BCUT2D eigenvalue weighted by Crippen LogP contribution is -2.45. The van der Waals surface area contributed by atoms with Crippen LogP contribution in [-0.4, -0.2) is 36.5 Å². The van der Waals surface area contributed by atoms with Gasteiger partial charge in [-0.2, -0.15) is 0 Å². The van der Waals surface area contributed by atoms with Crippen molar-refractivity contribution in [1.29, 1.82) is 0 Å². The van der Waals surface area contributed by atoms with Crippen LogP contribution in [0.5, 0.6) is 0 Å². The van der Waals surface area contributed by atoms with Crippen LogP contribution in [0.15, 0.2) is 18.2 Å². The van der Waals surface area contributed by atoms with Gasteiger partial charge in [-0.3, -0.25) is 9.69 Å². The van der Waals surface area contributed by atoms with E-state index in [4.69, 9.17) is 5.73 Å². The number of hydrogen-bond acceptors (Lipinski definition) is 3. The number of para-hydroxylation sites is 1. The number of carbonyl (C=O) groups is 1. The second-order valence-corrected chi connectivity index (χ2v) is 5.97. The van der Waals surface area contributed by atoms with Gasteiger partial charge in [-0.15, -0.1) is 0 Å². The Morgan fingerprint density at radius 2 is 2.05 bits per heavy atom. The molecule has 1 aliphatic rings. The summed E-state index contributed by atoms with van der Waals surface area (Å²) >= 11 is 0. The average molecular weight is 293 g/mol. The molecule has 0 radical (unpaired) electrons. The summed E-state index contributed by atoms with van der Waals surface area (Å²) in [5.41, 5.74) is 5.75. The fourth-order valence-electron chi connectivity index (χ4n) is 2.89. The lowest BCUT2D eigenvalue weighted by atomic mass is 10.0. The predicted octanol–water partition coefficient (Wildman–Crippen LogP) is 2.26. The van der Waals surface area contributed by atoms with Crippen molar-refractivity contribution in [2.45, 2.75) is 32.7 Å². The van der Waals surface area contributed by atoms with Crippen LogP contribution in [0, 0.1) is 11.7 Å². The molecular weight excluding hydrogens is 269 g/mol. The summed E-state index contributed by atoms with van der Waals surface area (Å²) < 4.78 is 13.4. The molecule has 0 spiro atoms. The molecule has 0 aromatic heterocycles. The quantitative estimate of drug-likeness (QED) is 0.819. The van der Waals surface area contributed by atoms with Crippen LogP contribution in [0.4, 0.5) is 10.1 Å². The number of nitrogens with two attached hydrogens (primary N) is 1. The van der Waals surface area contributed by atoms with Gasteiger partial charge in [-0.05, 0) is 44.0 Å². The third-order valence-corrected chi connectivity index (χ3v) is 4.15. The Balaban J connectivity index is 2.00. The van der Waals surface area contributed by atoms with Gasteiger partial charge in [0.15, 0.2) is 0 Å². The van der Waals surface area contributed by atoms with Crippen molar-refractivity contribution >= 4 is 11.6 Å². The molecule has 21 heavy (non-hydrogen) atoms. The molecular formula is C16H24FN3O. The Morgan fingerprint density at radius 3 is 2.67 bits per heavy atom. The third kappa shape index (κ3) is 3.73. The molecule has 1 saturated heterocycles. The number of nitrogen functional groups attached to an aromatic ring is 1. The van der Waals surface area contributed by atoms with Gasteiger partial charge >= 0.3 is 0 Å². The van der Waals surface area contributed by atoms with Gasteiger partial charge in [-0.25, -0.2) is 4.39 Å². The van der Waals surface area contributed by atoms with E-state index >= 15 is 0 Å². The minimum atomic E-state index is -0.553. The van der Waals surface area contributed by atoms with Crippen molar-refractivity contribution in [2.75, 3.05) is 25.4 Å². The number of nitrogens with one attached hydrogen (secondary N) is 1. The normalized spacial score (nSPS) is 17.1. The first-order valence-electron chi connectivity index (χ1n) is 7.57. The first kappa shape index (κ1) is 15.8. The van der Waals surface area contributed by atoms with Gasteiger partial charge in [0.25, 0.3) is 5.91 Å². The van der Waals surface area contributed by atoms with Crippen molar-refractivity contribution in [3.63, 3.8) is 0 Å². The molecule has 1 heterocycles. The monoisotopic (exact) mass is 293 g/mol. The van der Waals surface area contributed by atoms with Gasteiger partial charge in [-0.1, -0.05) is 19.9 Å². The standard InChI is InChI=1S/C16H24FN3O/c1-11(2)14(20-8-3-4-9-20)10-19-16(21)12-6-5-7-13(17)15(12)18/h5-7,11,14H,3-4,8-10,18H2,1-2H3,(H,19,21). The second kappa shape index (κ2) is 6.89. The number of anilines is 1. The number of halogens is 1. The molecule has 1 aromatic carbocycles. The number of amides is 1. The maximum absolute atomic E-state index is 13.4. The molecule has 0 aliphatic carbocycles. The van der Waals surface area contributed by atoms with Crippen LogP contribution in [0.25, 0.3) is 0 Å². The van der Waals surface area contributed by atoms with E-state index in [1.165, 1.54) is 25.0 Å². The lowest BCUT2D eigenvalue weighted by Gasteiger charge is -2.31. The second-order valence-electron chi connectivity index (χ2n) is 5.97. The van der Waals surface area contributed by atoms with Crippen LogP contribution in [0.2, 0.25) is 0 Å². The minimum absolute atomic E-state index is 0.0859. The number of likely N-dealkylation sites (tertiary alicyclic amines) is 1. The maximum atomic E-state index is 13.4. The van der Waals surface area contributed by atoms with Crippen molar-refractivity contribution in [2.24, 2.45) is 5.92 Å². The first-order chi connectivity index (χ1) is 10.0. The van der Waals surface area contributed by atoms with E-state index in [0.717, 1.165) is 13.1 Å². The van der Waals surface area contributed by atoms with Crippen molar-refractivity contribution < 1.29 is 9.18 Å². The van der Waals surface area contributed by atoms with Gasteiger partial charge in [0.05, 0.1) is 11.3 Å². The lowest BCUT2D eigenvalue weighted by molar-refractivity contribution is 0.0928. The summed E-state index contributed by atoms with van der Waals surface area (Å²) in [6.45, 7) is 7.05. The number of carbonyl (C=O) groups excluding carboxylic acids is 1. The molecule has 1 atom stereocenters. The molecule has 4 nitrogen and oxygen atoms in total. The first-order valence-corrected chi connectivity index (χ1v) is 7.57. The Labute approximate surface area is 125 Å². The predicted molar refractivity (Wildman–Crippen MR) is 82.6 cm³/mol. The fraction of sp³-hybridized carbons (Fsp3) is 0.562. The molecule has 1 amide bonds. The average Bonchev–Trinajstić information content (AvgIpc) is 2.95. The summed E-state index contributed by atoms with van der Waals surface area (Å²) in [7, 11) is 0. The summed E-state index contributed by atoms with van der Waals surface area (Å²) in [5, 5.41) is 2.90. The van der Waals surface area contributed by atoms with Crippen molar-refractivity contribution in [3.8, 4) is 0 Å². The van der Waals surface area contributed by atoms with Crippen LogP contribution in [0.3, 0.4) is 0 Å². The van der Waals surface area contributed by atoms with E-state index in [0.29, 0.717) is 18.5 Å². The van der Waals surface area contributed by atoms with Gasteiger partial charge < -0.3 is 11.1 Å². The molecule has 0 bridgehead atoms. The van der Waals surface area contributed by atoms with Crippen LogP contribution in [0.1, 0.15) is 37.0 Å². The summed E-state index contributed by atoms with van der Waals surface area (Å²) in [6.07, 6.45) is 2.43. The van der Waals surface area contributed by atoms with Crippen molar-refractivity contribution in [1.82, 2.24) is 10.2 Å². The molecule has 1 aromatic rings. The van der Waals surface area contributed by atoms with Gasteiger partial charge in [0, 0.05) is 12.6 Å². The third-order valence-electron chi connectivity index (χ3n) is 4.15. The van der Waals surface area contributed by atoms with Gasteiger partial charge in [0.1, 0.15) is 5.82 Å². The van der Waals surface area contributed by atoms with E-state index in [9.17, 15) is 9.18 Å². The Bertz CT molecular complexity index is 498. The molecule has 0 saturated carbocycles. The van der Waals surface area contributed by atoms with E-state index < -0.39 is 5.82 Å². The van der Waals surface area contributed by atoms with E-state index in [-0.39, 0.29) is 17.2 Å². The van der Waals surface area contributed by atoms with Crippen LogP contribution < -0.4 is 11.1 Å². The highest BCUT2D eigenvalue weighted by molar-refractivity contribution is 5.99. The zero-order chi connectivity index (χ0) is 15.4. The van der Waals surface area contributed by atoms with Crippen molar-refractivity contribution in [3.05, 3.63) is 29.6 Å². The highest BCUT2D eigenvalue weighted by atomic mass is 19.1. The highest BCUT2D eigenvalue weighted by Crippen LogP contribution is 2.18. The summed E-state index contributed by atoms with van der Waals surface area (Å²) in [4.78, 5) is 14.6. The Kier molecular flexibility index (Phi) is 5.17. The molecule has 1 aliphatic heterocycles. The van der Waals surface area contributed by atoms with Gasteiger partial charge in [0.2, 0.25) is 0 Å². The maximum Gasteiger partial charge on any atom is 0.253 e. The van der Waals surface area contributed by atoms with E-state index in [2.05, 4.69) is 24.1 Å². The van der Waals surface area contributed by atoms with Crippen LogP contribution in [-0.2, 0) is 0 Å². The number of rotatable bonds is 5. The fourth-order valence-corrected chi connectivity index (χ4v) is 2.89. The number of nitrogens with zero attached hydrogens (tertiary/aromatic N) is 1. The zero-order valence-corrected chi connectivity index (χ0v) is 12.7. The molecule has 1 fully saturated rings. The molecule has 116 valence electrons. The van der Waals surface area contributed by atoms with Crippen LogP contribution >= 0.6 is 0 Å². The van der Waals surface area contributed by atoms with E-state index in [1.807, 2.05) is 0 Å². The highest BCUT2D eigenvalue weighted by Gasteiger charge is 2.25. The SMILES string of the molecule is CC(C)C(CNC(=O)c1cccc(F)c1N)N1CCCC1. The number of benzene rings is 1. The Hall–Kier alpha value is -1.62. The largest absolute Gasteiger partial charge is 0.396 e. The molecule has 3 N–H and O–H groups in total. The zero-order valence-electron chi connectivity index (χ0n) is 12.7. The number of hydrogen-bond donors (Lipinski definition) is 2. The van der Waals surface area contributed by atoms with E-state index in [1.54, 1.807) is 6.07 Å². The topological polar surface area (TPSA) is 58.4 Å². The molecule has 5 heteroatoms. The molecule has 2 rings (SSSR count). The summed E-state index contributed by atoms with van der Waals surface area (Å²) in [5.74, 6) is -0.410. The smallest absolute Gasteiger partial charge is 0.253 e.